The number of alkyl halides is 6. The second-order valence-electron chi connectivity index (χ2n) is 8.01. The lowest BCUT2D eigenvalue weighted by Crippen LogP contribution is -2.41. The van der Waals surface area contributed by atoms with Crippen LogP contribution in [0.3, 0.4) is 0 Å². The number of pyridine rings is 1. The largest absolute Gasteiger partial charge is 0.484 e. The standard InChI is InChI=1S/C23H24F6N2O3/c24-22(25,26)14-33-18-9-10-20(34-15-23(27,28)29)19(12-18)21(32)31(17-7-2-1-3-8-17)13-16-6-4-5-11-30-16/h4-6,9-12,17H,1-3,7-8,13-15H2. The van der Waals surface area contributed by atoms with Crippen LogP contribution in [0.25, 0.3) is 0 Å². The van der Waals surface area contributed by atoms with E-state index in [1.54, 1.807) is 24.4 Å². The molecule has 0 spiro atoms. The van der Waals surface area contributed by atoms with Gasteiger partial charge in [0.05, 0.1) is 17.8 Å². The van der Waals surface area contributed by atoms with E-state index >= 15 is 0 Å². The molecule has 0 radical (unpaired) electrons. The molecule has 1 heterocycles. The van der Waals surface area contributed by atoms with Gasteiger partial charge in [-0.1, -0.05) is 25.3 Å². The second-order valence-corrected chi connectivity index (χ2v) is 8.01. The highest BCUT2D eigenvalue weighted by Gasteiger charge is 2.33. The molecule has 0 N–H and O–H groups in total. The van der Waals surface area contributed by atoms with Gasteiger partial charge >= 0.3 is 12.4 Å². The van der Waals surface area contributed by atoms with E-state index in [-0.39, 0.29) is 29.6 Å². The molecule has 1 amide bonds. The average Bonchev–Trinajstić information content (AvgIpc) is 2.80. The summed E-state index contributed by atoms with van der Waals surface area (Å²) >= 11 is 0. The number of rotatable bonds is 8. The fourth-order valence-corrected chi connectivity index (χ4v) is 3.80. The summed E-state index contributed by atoms with van der Waals surface area (Å²) in [6.07, 6.45) is -3.58. The van der Waals surface area contributed by atoms with Gasteiger partial charge in [0, 0.05) is 12.2 Å². The summed E-state index contributed by atoms with van der Waals surface area (Å²) in [4.78, 5) is 19.3. The first-order chi connectivity index (χ1) is 16.0. The van der Waals surface area contributed by atoms with Crippen LogP contribution in [0.15, 0.2) is 42.6 Å². The zero-order valence-electron chi connectivity index (χ0n) is 18.2. The molecule has 1 aliphatic carbocycles. The number of halogens is 6. The molecule has 2 aromatic rings. The van der Waals surface area contributed by atoms with Crippen LogP contribution in [0.5, 0.6) is 11.5 Å². The molecule has 186 valence electrons. The van der Waals surface area contributed by atoms with E-state index in [9.17, 15) is 31.1 Å². The van der Waals surface area contributed by atoms with E-state index < -0.39 is 31.5 Å². The van der Waals surface area contributed by atoms with E-state index in [1.807, 2.05) is 0 Å². The molecule has 3 rings (SSSR count). The molecular weight excluding hydrogens is 466 g/mol. The molecule has 0 atom stereocenters. The summed E-state index contributed by atoms with van der Waals surface area (Å²) in [6, 6.07) is 8.03. The third-order valence-electron chi connectivity index (χ3n) is 5.31. The molecule has 0 unspecified atom stereocenters. The number of ether oxygens (including phenoxy) is 2. The van der Waals surface area contributed by atoms with Crippen LogP contribution in [0.2, 0.25) is 0 Å². The number of hydrogen-bond donors (Lipinski definition) is 0. The maximum absolute atomic E-state index is 13.6. The van der Waals surface area contributed by atoms with E-state index in [1.165, 1.54) is 4.90 Å². The molecule has 1 aromatic heterocycles. The average molecular weight is 490 g/mol. The van der Waals surface area contributed by atoms with Crippen molar-refractivity contribution >= 4 is 5.91 Å². The summed E-state index contributed by atoms with van der Waals surface area (Å²) in [5.74, 6) is -1.35. The Bertz CT molecular complexity index is 944. The highest BCUT2D eigenvalue weighted by atomic mass is 19.4. The summed E-state index contributed by atoms with van der Waals surface area (Å²) < 4.78 is 85.6. The Morgan fingerprint density at radius 2 is 1.62 bits per heavy atom. The number of nitrogens with zero attached hydrogens (tertiary/aromatic N) is 2. The smallest absolute Gasteiger partial charge is 0.422 e. The Labute approximate surface area is 192 Å². The minimum atomic E-state index is -4.66. The van der Waals surface area contributed by atoms with Crippen LogP contribution in [0.4, 0.5) is 26.3 Å². The van der Waals surface area contributed by atoms with E-state index in [4.69, 9.17) is 9.47 Å². The fraction of sp³-hybridized carbons (Fsp3) is 0.478. The first-order valence-electron chi connectivity index (χ1n) is 10.8. The SMILES string of the molecule is O=C(c1cc(OCC(F)(F)F)ccc1OCC(F)(F)F)N(Cc1ccccn1)C1CCCCC1. The van der Waals surface area contributed by atoms with Crippen LogP contribution in [-0.4, -0.2) is 47.4 Å². The van der Waals surface area contributed by atoms with Crippen molar-refractivity contribution in [1.29, 1.82) is 0 Å². The molecule has 0 bridgehead atoms. The minimum absolute atomic E-state index is 0.0939. The molecule has 0 saturated heterocycles. The Balaban J connectivity index is 1.94. The lowest BCUT2D eigenvalue weighted by Gasteiger charge is -2.34. The van der Waals surface area contributed by atoms with Crippen molar-refractivity contribution in [3.63, 3.8) is 0 Å². The predicted octanol–water partition coefficient (Wildman–Crippen LogP) is 5.94. The summed E-state index contributed by atoms with van der Waals surface area (Å²) in [7, 11) is 0. The Hall–Kier alpha value is -2.98. The molecule has 1 aromatic carbocycles. The number of carbonyl (C=O) groups excluding carboxylic acids is 1. The quantitative estimate of drug-likeness (QED) is 0.430. The number of benzene rings is 1. The summed E-state index contributed by atoms with van der Waals surface area (Å²) in [5.41, 5.74) is 0.272. The van der Waals surface area contributed by atoms with Gasteiger partial charge in [0.25, 0.3) is 5.91 Å². The normalized spacial score (nSPS) is 15.1. The van der Waals surface area contributed by atoms with Gasteiger partial charge in [-0.15, -0.1) is 0 Å². The van der Waals surface area contributed by atoms with Gasteiger partial charge in [-0.25, -0.2) is 0 Å². The van der Waals surface area contributed by atoms with Crippen molar-refractivity contribution < 1.29 is 40.6 Å². The molecule has 11 heteroatoms. The van der Waals surface area contributed by atoms with E-state index in [0.717, 1.165) is 37.5 Å². The number of amides is 1. The highest BCUT2D eigenvalue weighted by Crippen LogP contribution is 2.32. The molecule has 1 saturated carbocycles. The van der Waals surface area contributed by atoms with Gasteiger partial charge in [-0.05, 0) is 43.2 Å². The minimum Gasteiger partial charge on any atom is -0.484 e. The summed E-state index contributed by atoms with van der Waals surface area (Å²) in [6.45, 7) is -3.17. The zero-order chi connectivity index (χ0) is 24.8. The predicted molar refractivity (Wildman–Crippen MR) is 111 cm³/mol. The maximum Gasteiger partial charge on any atom is 0.422 e. The van der Waals surface area contributed by atoms with Crippen LogP contribution >= 0.6 is 0 Å². The number of aromatic nitrogens is 1. The molecule has 1 aliphatic rings. The summed E-state index contributed by atoms with van der Waals surface area (Å²) in [5, 5.41) is 0. The second kappa shape index (κ2) is 11.0. The first-order valence-corrected chi connectivity index (χ1v) is 10.8. The maximum atomic E-state index is 13.6. The lowest BCUT2D eigenvalue weighted by molar-refractivity contribution is -0.154. The number of hydrogen-bond acceptors (Lipinski definition) is 4. The number of carbonyl (C=O) groups is 1. The van der Waals surface area contributed by atoms with Crippen molar-refractivity contribution in [3.05, 3.63) is 53.9 Å². The topological polar surface area (TPSA) is 51.7 Å². The van der Waals surface area contributed by atoms with Gasteiger partial charge in [-0.2, -0.15) is 26.3 Å². The third-order valence-corrected chi connectivity index (χ3v) is 5.31. The Kier molecular flexibility index (Phi) is 8.27. The Morgan fingerprint density at radius 1 is 0.941 bits per heavy atom. The highest BCUT2D eigenvalue weighted by molar-refractivity contribution is 5.97. The van der Waals surface area contributed by atoms with Crippen LogP contribution < -0.4 is 9.47 Å². The van der Waals surface area contributed by atoms with Crippen molar-refractivity contribution in [2.24, 2.45) is 0 Å². The van der Waals surface area contributed by atoms with Crippen molar-refractivity contribution in [2.45, 2.75) is 57.0 Å². The molecule has 1 fully saturated rings. The Morgan fingerprint density at radius 3 is 2.24 bits per heavy atom. The van der Waals surface area contributed by atoms with Crippen molar-refractivity contribution in [3.8, 4) is 11.5 Å². The van der Waals surface area contributed by atoms with Crippen molar-refractivity contribution in [1.82, 2.24) is 9.88 Å². The van der Waals surface area contributed by atoms with Gasteiger partial charge < -0.3 is 14.4 Å². The monoisotopic (exact) mass is 490 g/mol. The molecule has 34 heavy (non-hydrogen) atoms. The lowest BCUT2D eigenvalue weighted by atomic mass is 9.93. The van der Waals surface area contributed by atoms with Gasteiger partial charge in [0.15, 0.2) is 13.2 Å². The fourth-order valence-electron chi connectivity index (χ4n) is 3.80. The molecule has 0 aliphatic heterocycles. The molecule has 5 nitrogen and oxygen atoms in total. The van der Waals surface area contributed by atoms with Crippen LogP contribution in [0, 0.1) is 0 Å². The van der Waals surface area contributed by atoms with Gasteiger partial charge in [0.2, 0.25) is 0 Å². The van der Waals surface area contributed by atoms with Crippen LogP contribution in [-0.2, 0) is 6.54 Å². The van der Waals surface area contributed by atoms with Crippen molar-refractivity contribution in [2.75, 3.05) is 13.2 Å². The van der Waals surface area contributed by atoms with E-state index in [2.05, 4.69) is 4.98 Å². The van der Waals surface area contributed by atoms with Gasteiger partial charge in [-0.3, -0.25) is 9.78 Å². The zero-order valence-corrected chi connectivity index (χ0v) is 18.2. The van der Waals surface area contributed by atoms with Gasteiger partial charge in [0.1, 0.15) is 11.5 Å². The third kappa shape index (κ3) is 7.81. The van der Waals surface area contributed by atoms with Crippen LogP contribution in [0.1, 0.15) is 48.2 Å². The first kappa shape index (κ1) is 25.6. The van der Waals surface area contributed by atoms with E-state index in [0.29, 0.717) is 18.5 Å². The molecular formula is C23H24F6N2O3.